The van der Waals surface area contributed by atoms with Gasteiger partial charge in [-0.25, -0.2) is 9.97 Å². The van der Waals surface area contributed by atoms with Crippen molar-refractivity contribution in [1.82, 2.24) is 14.4 Å². The average Bonchev–Trinajstić information content (AvgIpc) is 3.18. The van der Waals surface area contributed by atoms with E-state index in [9.17, 15) is 15.0 Å². The van der Waals surface area contributed by atoms with Gasteiger partial charge in [-0.2, -0.15) is 0 Å². The number of hydrogen-bond donors (Lipinski definition) is 5. The molecule has 9 nitrogen and oxygen atoms in total. The Labute approximate surface area is 171 Å². The zero-order valence-corrected chi connectivity index (χ0v) is 16.0. The number of rotatable bonds is 7. The number of phenols is 2. The van der Waals surface area contributed by atoms with Gasteiger partial charge in [-0.1, -0.05) is 12.1 Å². The SMILES string of the molecule is NC(CCCNc1nc2ccccc2n2c(-c3ccc(O)c(O)c3)cnc12)C(=O)O. The normalized spacial score (nSPS) is 12.3. The maximum Gasteiger partial charge on any atom is 0.320 e. The van der Waals surface area contributed by atoms with Crippen molar-refractivity contribution in [3.63, 3.8) is 0 Å². The molecule has 0 aliphatic rings. The summed E-state index contributed by atoms with van der Waals surface area (Å²) in [5.41, 5.74) is 9.15. The van der Waals surface area contributed by atoms with Crippen molar-refractivity contribution in [2.24, 2.45) is 5.73 Å². The fraction of sp³-hybridized carbons (Fsp3) is 0.190. The first-order chi connectivity index (χ1) is 14.5. The second-order valence-corrected chi connectivity index (χ2v) is 6.97. The molecule has 0 radical (unpaired) electrons. The highest BCUT2D eigenvalue weighted by Crippen LogP contribution is 2.33. The van der Waals surface area contributed by atoms with Crippen molar-refractivity contribution < 1.29 is 20.1 Å². The van der Waals surface area contributed by atoms with Gasteiger partial charge < -0.3 is 26.4 Å². The molecule has 0 saturated heterocycles. The van der Waals surface area contributed by atoms with E-state index >= 15 is 0 Å². The molecule has 1 unspecified atom stereocenters. The predicted octanol–water partition coefficient (Wildman–Crippen LogP) is 2.56. The minimum Gasteiger partial charge on any atom is -0.504 e. The van der Waals surface area contributed by atoms with Crippen LogP contribution in [-0.4, -0.2) is 48.2 Å². The lowest BCUT2D eigenvalue weighted by Gasteiger charge is -2.12. The van der Waals surface area contributed by atoms with Crippen LogP contribution in [0.3, 0.4) is 0 Å². The molecule has 4 aromatic rings. The van der Waals surface area contributed by atoms with E-state index in [-0.39, 0.29) is 11.5 Å². The number of fused-ring (bicyclic) bond motifs is 3. The van der Waals surface area contributed by atoms with Crippen LogP contribution in [0.5, 0.6) is 11.5 Å². The Morgan fingerprint density at radius 2 is 1.97 bits per heavy atom. The maximum atomic E-state index is 10.9. The third-order valence-corrected chi connectivity index (χ3v) is 4.90. The van der Waals surface area contributed by atoms with Gasteiger partial charge in [-0.05, 0) is 43.2 Å². The number of nitrogens with two attached hydrogens (primary N) is 1. The molecule has 2 aromatic carbocycles. The third kappa shape index (κ3) is 3.58. The van der Waals surface area contributed by atoms with E-state index < -0.39 is 12.0 Å². The standard InChI is InChI=1S/C21H21N5O4/c22-13(21(29)30)4-3-9-23-19-20-24-11-16(12-7-8-17(27)18(28)10-12)26(20)15-6-2-1-5-14(15)25-19/h1-2,5-8,10-11,13,27-28H,3-4,9,22H2,(H,23,25)(H,29,30). The quantitative estimate of drug-likeness (QED) is 0.232. The molecule has 2 heterocycles. The second kappa shape index (κ2) is 7.88. The molecule has 0 amide bonds. The van der Waals surface area contributed by atoms with E-state index in [1.54, 1.807) is 12.3 Å². The molecule has 0 saturated carbocycles. The maximum absolute atomic E-state index is 10.9. The van der Waals surface area contributed by atoms with Gasteiger partial charge in [0, 0.05) is 12.1 Å². The summed E-state index contributed by atoms with van der Waals surface area (Å²) >= 11 is 0. The zero-order valence-electron chi connectivity index (χ0n) is 16.0. The first kappa shape index (κ1) is 19.5. The molecule has 0 fully saturated rings. The smallest absolute Gasteiger partial charge is 0.320 e. The number of aromatic nitrogens is 3. The number of nitrogens with one attached hydrogen (secondary N) is 1. The lowest BCUT2D eigenvalue weighted by Crippen LogP contribution is -2.30. The summed E-state index contributed by atoms with van der Waals surface area (Å²) < 4.78 is 1.93. The number of carbonyl (C=O) groups is 1. The van der Waals surface area contributed by atoms with Crippen LogP contribution < -0.4 is 11.1 Å². The molecule has 4 rings (SSSR count). The Bertz CT molecular complexity index is 1240. The van der Waals surface area contributed by atoms with Gasteiger partial charge in [-0.3, -0.25) is 9.20 Å². The molecule has 0 spiro atoms. The monoisotopic (exact) mass is 407 g/mol. The molecule has 0 aliphatic heterocycles. The van der Waals surface area contributed by atoms with E-state index in [4.69, 9.17) is 10.8 Å². The van der Waals surface area contributed by atoms with Crippen LogP contribution in [-0.2, 0) is 4.79 Å². The van der Waals surface area contributed by atoms with Crippen LogP contribution in [0.15, 0.2) is 48.7 Å². The number of carboxylic acid groups (broad SMARTS) is 1. The number of phenolic OH excluding ortho intramolecular Hbond substituents is 2. The number of imidazole rings is 1. The number of aliphatic carboxylic acids is 1. The Morgan fingerprint density at radius 1 is 1.17 bits per heavy atom. The van der Waals surface area contributed by atoms with Crippen LogP contribution in [0.4, 0.5) is 5.82 Å². The first-order valence-electron chi connectivity index (χ1n) is 9.46. The molecule has 0 aliphatic carbocycles. The van der Waals surface area contributed by atoms with E-state index in [2.05, 4.69) is 15.3 Å². The van der Waals surface area contributed by atoms with Crippen molar-refractivity contribution >= 4 is 28.5 Å². The van der Waals surface area contributed by atoms with E-state index in [0.717, 1.165) is 16.7 Å². The summed E-state index contributed by atoms with van der Waals surface area (Å²) in [6.07, 6.45) is 2.59. The lowest BCUT2D eigenvalue weighted by atomic mass is 10.1. The predicted molar refractivity (Wildman–Crippen MR) is 113 cm³/mol. The Balaban J connectivity index is 1.74. The Kier molecular flexibility index (Phi) is 5.11. The summed E-state index contributed by atoms with van der Waals surface area (Å²) in [5.74, 6) is -0.863. The Hall–Kier alpha value is -3.85. The number of hydrogen-bond acceptors (Lipinski definition) is 7. The fourth-order valence-electron chi connectivity index (χ4n) is 3.34. The number of benzene rings is 2. The molecule has 154 valence electrons. The average molecular weight is 407 g/mol. The number of carboxylic acids is 1. The lowest BCUT2D eigenvalue weighted by molar-refractivity contribution is -0.138. The van der Waals surface area contributed by atoms with Crippen LogP contribution in [0.1, 0.15) is 12.8 Å². The second-order valence-electron chi connectivity index (χ2n) is 6.97. The molecule has 6 N–H and O–H groups in total. The van der Waals surface area contributed by atoms with Gasteiger partial charge in [0.05, 0.1) is 22.9 Å². The van der Waals surface area contributed by atoms with Crippen molar-refractivity contribution in [2.75, 3.05) is 11.9 Å². The van der Waals surface area contributed by atoms with Gasteiger partial charge in [0.15, 0.2) is 23.0 Å². The summed E-state index contributed by atoms with van der Waals surface area (Å²) in [5, 5.41) is 31.7. The van der Waals surface area contributed by atoms with Crippen molar-refractivity contribution in [3.05, 3.63) is 48.7 Å². The minimum atomic E-state index is -1.02. The van der Waals surface area contributed by atoms with Gasteiger partial charge in [-0.15, -0.1) is 0 Å². The molecule has 2 aromatic heterocycles. The van der Waals surface area contributed by atoms with E-state index in [1.165, 1.54) is 12.1 Å². The third-order valence-electron chi connectivity index (χ3n) is 4.90. The van der Waals surface area contributed by atoms with E-state index in [1.807, 2.05) is 28.7 Å². The molecular formula is C21H21N5O4. The molecule has 1 atom stereocenters. The summed E-state index contributed by atoms with van der Waals surface area (Å²) in [4.78, 5) is 20.0. The summed E-state index contributed by atoms with van der Waals surface area (Å²) in [6.45, 7) is 0.490. The van der Waals surface area contributed by atoms with Crippen molar-refractivity contribution in [3.8, 4) is 22.8 Å². The van der Waals surface area contributed by atoms with Gasteiger partial charge in [0.25, 0.3) is 0 Å². The molecule has 0 bridgehead atoms. The highest BCUT2D eigenvalue weighted by Gasteiger charge is 2.16. The number of aromatic hydroxyl groups is 2. The van der Waals surface area contributed by atoms with Crippen LogP contribution in [0, 0.1) is 0 Å². The highest BCUT2D eigenvalue weighted by molar-refractivity contribution is 5.86. The zero-order chi connectivity index (χ0) is 21.3. The Morgan fingerprint density at radius 3 is 2.73 bits per heavy atom. The van der Waals surface area contributed by atoms with Crippen LogP contribution in [0.2, 0.25) is 0 Å². The first-order valence-corrected chi connectivity index (χ1v) is 9.46. The van der Waals surface area contributed by atoms with Crippen molar-refractivity contribution in [1.29, 1.82) is 0 Å². The largest absolute Gasteiger partial charge is 0.504 e. The molecule has 30 heavy (non-hydrogen) atoms. The van der Waals surface area contributed by atoms with Gasteiger partial charge in [0.2, 0.25) is 0 Å². The number of para-hydroxylation sites is 2. The molecular weight excluding hydrogens is 386 g/mol. The fourth-order valence-corrected chi connectivity index (χ4v) is 3.34. The van der Waals surface area contributed by atoms with Crippen LogP contribution >= 0.6 is 0 Å². The topological polar surface area (TPSA) is 146 Å². The van der Waals surface area contributed by atoms with E-state index in [0.29, 0.717) is 36.4 Å². The van der Waals surface area contributed by atoms with Gasteiger partial charge in [0.1, 0.15) is 6.04 Å². The highest BCUT2D eigenvalue weighted by atomic mass is 16.4. The van der Waals surface area contributed by atoms with Gasteiger partial charge >= 0.3 is 5.97 Å². The summed E-state index contributed by atoms with van der Waals surface area (Å²) in [7, 11) is 0. The summed E-state index contributed by atoms with van der Waals surface area (Å²) in [6, 6.07) is 11.3. The molecule has 9 heteroatoms. The minimum absolute atomic E-state index is 0.193. The number of nitrogens with zero attached hydrogens (tertiary/aromatic N) is 3. The van der Waals surface area contributed by atoms with Crippen LogP contribution in [0.25, 0.3) is 27.9 Å². The number of anilines is 1. The van der Waals surface area contributed by atoms with Crippen molar-refractivity contribution in [2.45, 2.75) is 18.9 Å².